The van der Waals surface area contributed by atoms with Crippen LogP contribution in [0.25, 0.3) is 0 Å². The van der Waals surface area contributed by atoms with E-state index in [1.165, 1.54) is 48.6 Å². The Morgan fingerprint density at radius 2 is 1.59 bits per heavy atom. The lowest BCUT2D eigenvalue weighted by atomic mass is 10.0. The number of amides is 6. The summed E-state index contributed by atoms with van der Waals surface area (Å²) < 4.78 is 16.4. The highest BCUT2D eigenvalue weighted by atomic mass is 31.2. The van der Waals surface area contributed by atoms with E-state index < -0.39 is 98.8 Å². The van der Waals surface area contributed by atoms with Crippen molar-refractivity contribution >= 4 is 55.5 Å². The number of rotatable bonds is 24. The predicted molar refractivity (Wildman–Crippen MR) is 213 cm³/mol. The summed E-state index contributed by atoms with van der Waals surface area (Å²) >= 11 is 0. The number of H-pyrrole nitrogens is 1. The third kappa shape index (κ3) is 16.5. The molecule has 2 aromatic rings. The molecule has 6 amide bonds. The van der Waals surface area contributed by atoms with Gasteiger partial charge >= 0.3 is 7.82 Å². The van der Waals surface area contributed by atoms with Crippen molar-refractivity contribution in [2.45, 2.75) is 87.7 Å². The van der Waals surface area contributed by atoms with E-state index >= 15 is 0 Å². The van der Waals surface area contributed by atoms with Gasteiger partial charge in [0, 0.05) is 37.8 Å². The van der Waals surface area contributed by atoms with E-state index in [0.717, 1.165) is 0 Å². The molecule has 16 N–H and O–H groups in total. The Morgan fingerprint density at radius 1 is 0.967 bits per heavy atom. The Balaban J connectivity index is 1.88. The summed E-state index contributed by atoms with van der Waals surface area (Å²) in [6, 6.07) is -4.10. The molecule has 0 unspecified atom stereocenters. The lowest BCUT2D eigenvalue weighted by molar-refractivity contribution is -0.142. The summed E-state index contributed by atoms with van der Waals surface area (Å²) in [5.41, 5.74) is 17.2. The highest BCUT2D eigenvalue weighted by Gasteiger charge is 2.39. The fraction of sp³-hybridized carbons (Fsp3) is 0.514. The standard InChI is InChI=1S/C35H53N12O13P/c1-19(15-48)42-33(55)28-5-3-11-47(28)34(56)25(12-20-6-8-22(50)9-7-20)44-32(54)27(17-60-61(57,58)59)46-30(52)24(13-21-14-39-18-41-21)43-31(53)26(16-49)45-29(51)23(36)4-2-10-40-35(37)38/h6-9,14-15,18-19,23-28,49-50H,2-5,10-13,16-17,36H2,1H3,(H,39,41)(H,42,55)(H,43,53)(H,44,54)(H,45,51)(H,46,52)(H4,37,38,40)(H2,57,58,59)/t19-,23-,24-,25-,26-,27-,28-/m0/s1. The normalized spacial score (nSPS) is 16.7. The number of aromatic hydroxyl groups is 1. The Morgan fingerprint density at radius 3 is 2.20 bits per heavy atom. The molecular formula is C35H53N12O13P. The van der Waals surface area contributed by atoms with Crippen LogP contribution in [-0.4, -0.2) is 151 Å². The van der Waals surface area contributed by atoms with Crippen LogP contribution in [0.5, 0.6) is 5.75 Å². The molecule has 0 aliphatic carbocycles. The molecule has 0 bridgehead atoms. The number of aldehydes is 1. The summed E-state index contributed by atoms with van der Waals surface area (Å²) in [4.78, 5) is 123. The molecule has 1 aromatic heterocycles. The molecule has 0 saturated carbocycles. The van der Waals surface area contributed by atoms with Crippen LogP contribution in [0.1, 0.15) is 43.9 Å². The molecular weight excluding hydrogens is 827 g/mol. The van der Waals surface area contributed by atoms with Gasteiger partial charge in [-0.2, -0.15) is 0 Å². The van der Waals surface area contributed by atoms with Gasteiger partial charge in [-0.1, -0.05) is 12.1 Å². The van der Waals surface area contributed by atoms with Gasteiger partial charge in [-0.05, 0) is 50.3 Å². The van der Waals surface area contributed by atoms with Gasteiger partial charge in [-0.15, -0.1) is 0 Å². The van der Waals surface area contributed by atoms with Crippen LogP contribution >= 0.6 is 7.82 Å². The van der Waals surface area contributed by atoms with E-state index in [2.05, 4.69) is 46.1 Å². The zero-order chi connectivity index (χ0) is 45.3. The van der Waals surface area contributed by atoms with Crippen molar-refractivity contribution in [3.8, 4) is 5.75 Å². The number of nitrogens with one attached hydrogen (secondary N) is 6. The van der Waals surface area contributed by atoms with Gasteiger partial charge in [0.15, 0.2) is 5.96 Å². The second-order valence-electron chi connectivity index (χ2n) is 14.0. The number of aliphatic imine (C=N–C) groups is 1. The van der Waals surface area contributed by atoms with Crippen LogP contribution in [0.2, 0.25) is 0 Å². The molecule has 7 atom stereocenters. The van der Waals surface area contributed by atoms with Crippen LogP contribution in [0, 0.1) is 0 Å². The van der Waals surface area contributed by atoms with Gasteiger partial charge in [-0.25, -0.2) is 9.55 Å². The summed E-state index contributed by atoms with van der Waals surface area (Å²) in [5.74, 6) is -5.83. The first-order valence-corrected chi connectivity index (χ1v) is 20.5. The average molecular weight is 881 g/mol. The number of hydrogen-bond donors (Lipinski definition) is 13. The SMILES string of the molecule is C[C@@H](C=O)NC(=O)[C@@H]1CCCN1C(=O)[C@H](Cc1ccc(O)cc1)NC(=O)[C@H](COP(=O)(O)O)NC(=O)[C@H](Cc1cnc[nH]1)NC(=O)[C@H](CO)NC(=O)[C@@H](N)CCCN=C(N)N. The molecule has 0 radical (unpaired) electrons. The van der Waals surface area contributed by atoms with Crippen molar-refractivity contribution in [2.75, 3.05) is 26.3 Å². The van der Waals surface area contributed by atoms with E-state index in [9.17, 15) is 58.1 Å². The molecule has 1 fully saturated rings. The second kappa shape index (κ2) is 23.7. The number of phosphoric ester groups is 1. The molecule has 1 saturated heterocycles. The van der Waals surface area contributed by atoms with E-state index in [1.54, 1.807) is 0 Å². The summed E-state index contributed by atoms with van der Waals surface area (Å²) in [5, 5.41) is 31.7. The Hall–Kier alpha value is -5.98. The van der Waals surface area contributed by atoms with Gasteiger partial charge < -0.3 is 78.5 Å². The third-order valence-electron chi connectivity index (χ3n) is 9.18. The van der Waals surface area contributed by atoms with Crippen LogP contribution in [0.4, 0.5) is 0 Å². The number of phenolic OH excluding ortho intramolecular Hbond substituents is 1. The van der Waals surface area contributed by atoms with Gasteiger partial charge in [-0.3, -0.25) is 38.3 Å². The fourth-order valence-corrected chi connectivity index (χ4v) is 6.39. The Kier molecular flexibility index (Phi) is 19.2. The highest BCUT2D eigenvalue weighted by Crippen LogP contribution is 2.35. The molecule has 1 aliphatic heterocycles. The maximum atomic E-state index is 14.1. The van der Waals surface area contributed by atoms with Gasteiger partial charge in [0.05, 0.1) is 31.6 Å². The Labute approximate surface area is 349 Å². The molecule has 25 nitrogen and oxygen atoms in total. The van der Waals surface area contributed by atoms with Crippen LogP contribution < -0.4 is 43.8 Å². The minimum atomic E-state index is -5.29. The van der Waals surface area contributed by atoms with E-state index in [-0.39, 0.29) is 56.2 Å². The van der Waals surface area contributed by atoms with Crippen molar-refractivity contribution < 1.29 is 62.7 Å². The minimum Gasteiger partial charge on any atom is -0.508 e. The first-order valence-electron chi connectivity index (χ1n) is 19.0. The monoisotopic (exact) mass is 880 g/mol. The van der Waals surface area contributed by atoms with Gasteiger partial charge in [0.1, 0.15) is 42.2 Å². The number of carbonyl (C=O) groups excluding carboxylic acids is 7. The molecule has 1 aromatic carbocycles. The number of hydrogen-bond acceptors (Lipinski definition) is 14. The molecule has 2 heterocycles. The number of aliphatic hydroxyl groups excluding tert-OH is 1. The smallest absolute Gasteiger partial charge is 0.469 e. The number of imidazole rings is 1. The number of guanidine groups is 1. The van der Waals surface area contributed by atoms with Crippen molar-refractivity contribution in [3.05, 3.63) is 48.0 Å². The van der Waals surface area contributed by atoms with Crippen molar-refractivity contribution in [1.29, 1.82) is 0 Å². The Bertz CT molecular complexity index is 1890. The first kappa shape index (κ1) is 49.4. The second-order valence-corrected chi connectivity index (χ2v) is 15.3. The molecule has 3 rings (SSSR count). The zero-order valence-electron chi connectivity index (χ0n) is 33.1. The third-order valence-corrected chi connectivity index (χ3v) is 9.66. The van der Waals surface area contributed by atoms with E-state index in [1.807, 2.05) is 0 Å². The number of likely N-dealkylation sites (tertiary alicyclic amines) is 1. The molecule has 0 spiro atoms. The number of phenols is 1. The fourth-order valence-electron chi connectivity index (χ4n) is 6.05. The van der Waals surface area contributed by atoms with Gasteiger partial charge in [0.2, 0.25) is 35.4 Å². The maximum absolute atomic E-state index is 14.1. The maximum Gasteiger partial charge on any atom is 0.469 e. The quantitative estimate of drug-likeness (QED) is 0.0154. The number of benzene rings is 1. The van der Waals surface area contributed by atoms with Crippen molar-refractivity contribution in [2.24, 2.45) is 22.2 Å². The highest BCUT2D eigenvalue weighted by molar-refractivity contribution is 7.46. The van der Waals surface area contributed by atoms with Crippen LogP contribution in [0.15, 0.2) is 41.8 Å². The lowest BCUT2D eigenvalue weighted by Gasteiger charge is -2.30. The predicted octanol–water partition coefficient (Wildman–Crippen LogP) is -4.98. The number of aliphatic hydroxyl groups is 1. The molecule has 26 heteroatoms. The number of phosphoric acid groups is 1. The lowest BCUT2D eigenvalue weighted by Crippen LogP contribution is -2.61. The molecule has 61 heavy (non-hydrogen) atoms. The van der Waals surface area contributed by atoms with Gasteiger partial charge in [0.25, 0.3) is 0 Å². The minimum absolute atomic E-state index is 0.0887. The molecule has 336 valence electrons. The summed E-state index contributed by atoms with van der Waals surface area (Å²) in [7, 11) is -5.29. The van der Waals surface area contributed by atoms with Crippen molar-refractivity contribution in [1.82, 2.24) is 41.5 Å². The number of aromatic amines is 1. The van der Waals surface area contributed by atoms with Crippen LogP contribution in [-0.2, 0) is 55.5 Å². The molecule has 1 aliphatic rings. The number of aromatic nitrogens is 2. The summed E-state index contributed by atoms with van der Waals surface area (Å²) in [6.45, 7) is -0.386. The summed E-state index contributed by atoms with van der Waals surface area (Å²) in [6.07, 6.45) is 3.56. The first-order chi connectivity index (χ1) is 28.8. The number of carbonyl (C=O) groups is 7. The zero-order valence-corrected chi connectivity index (χ0v) is 34.0. The number of nitrogens with two attached hydrogens (primary N) is 3. The van der Waals surface area contributed by atoms with Crippen LogP contribution in [0.3, 0.4) is 0 Å². The number of nitrogens with zero attached hydrogens (tertiary/aromatic N) is 3. The average Bonchev–Trinajstić information content (AvgIpc) is 3.92. The van der Waals surface area contributed by atoms with Crippen molar-refractivity contribution in [3.63, 3.8) is 0 Å². The van der Waals surface area contributed by atoms with E-state index in [0.29, 0.717) is 24.7 Å². The van der Waals surface area contributed by atoms with E-state index in [4.69, 9.17) is 17.2 Å². The topological polar surface area (TPSA) is 409 Å². The largest absolute Gasteiger partial charge is 0.508 e.